The third kappa shape index (κ3) is 3.85. The number of allylic oxidation sites excluding steroid dienone is 8. The van der Waals surface area contributed by atoms with Crippen LogP contribution in [0.4, 0.5) is 0 Å². The maximum atomic E-state index is 2.53. The van der Waals surface area contributed by atoms with Crippen molar-refractivity contribution in [1.82, 2.24) is 9.13 Å². The Balaban J connectivity index is 1.32. The molecular formula is C45H32N2. The summed E-state index contributed by atoms with van der Waals surface area (Å²) in [6, 6.07) is 46.8. The summed E-state index contributed by atoms with van der Waals surface area (Å²) in [6.07, 6.45) is 13.9. The average molecular weight is 601 g/mol. The number of nitrogens with zero attached hydrogens (tertiary/aromatic N) is 2. The lowest BCUT2D eigenvalue weighted by atomic mass is 9.80. The Kier molecular flexibility index (Phi) is 5.65. The van der Waals surface area contributed by atoms with Crippen molar-refractivity contribution in [3.8, 4) is 16.8 Å². The molecule has 0 saturated carbocycles. The third-order valence-corrected chi connectivity index (χ3v) is 10.4. The second kappa shape index (κ2) is 10.1. The average Bonchev–Trinajstić information content (AvgIpc) is 3.63. The van der Waals surface area contributed by atoms with Crippen LogP contribution in [-0.2, 0) is 0 Å². The van der Waals surface area contributed by atoms with Crippen LogP contribution in [0.2, 0.25) is 0 Å². The summed E-state index contributed by atoms with van der Waals surface area (Å²) in [5.41, 5.74) is 11.2. The molecule has 8 aromatic rings. The first kappa shape index (κ1) is 26.4. The number of aromatic nitrogens is 2. The SMILES string of the molecule is CC1C=CC=C2C=CC(n3c4ccccc4c4cc5ccccc5c(-c5ccc6c(c5)c5ccccc5n6-c5ccccc5)c43)=CC21. The first-order chi connectivity index (χ1) is 23.2. The standard InChI is InChI=1S/C45H32N2/c1-29-12-11-14-30-22-24-34(28-38(29)30)47-42-21-10-8-19-37(42)40-26-31-13-5-6-17-35(31)44(45(40)47)32-23-25-43-39(27-32)36-18-7-9-20-41(36)46(43)33-15-3-2-4-16-33/h2-29,38H,1H3. The van der Waals surface area contributed by atoms with Gasteiger partial charge in [0.25, 0.3) is 0 Å². The molecule has 2 heterocycles. The number of benzene rings is 6. The Morgan fingerprint density at radius 3 is 2.06 bits per heavy atom. The van der Waals surface area contributed by atoms with Gasteiger partial charge < -0.3 is 9.13 Å². The molecule has 0 radical (unpaired) electrons. The van der Waals surface area contributed by atoms with Crippen molar-refractivity contribution in [2.75, 3.05) is 0 Å². The van der Waals surface area contributed by atoms with Crippen LogP contribution in [0.25, 0.3) is 76.9 Å². The fraction of sp³-hybridized carbons (Fsp3) is 0.0667. The summed E-state index contributed by atoms with van der Waals surface area (Å²) < 4.78 is 4.93. The largest absolute Gasteiger partial charge is 0.309 e. The van der Waals surface area contributed by atoms with Crippen molar-refractivity contribution >= 4 is 60.1 Å². The molecule has 2 aliphatic carbocycles. The Bertz CT molecular complexity index is 2690. The number of fused-ring (bicyclic) bond motifs is 8. The van der Waals surface area contributed by atoms with Crippen molar-refractivity contribution in [3.05, 3.63) is 169 Å². The summed E-state index contributed by atoms with van der Waals surface area (Å²) in [4.78, 5) is 0. The molecule has 0 spiro atoms. The molecule has 2 aliphatic rings. The van der Waals surface area contributed by atoms with Crippen molar-refractivity contribution in [1.29, 1.82) is 0 Å². The Labute approximate surface area is 273 Å². The van der Waals surface area contributed by atoms with E-state index in [-0.39, 0.29) is 0 Å². The van der Waals surface area contributed by atoms with Crippen molar-refractivity contribution in [2.24, 2.45) is 11.8 Å². The van der Waals surface area contributed by atoms with E-state index in [2.05, 4.69) is 180 Å². The number of hydrogen-bond donors (Lipinski definition) is 0. The van der Waals surface area contributed by atoms with Crippen molar-refractivity contribution in [2.45, 2.75) is 6.92 Å². The zero-order chi connectivity index (χ0) is 31.1. The zero-order valence-electron chi connectivity index (χ0n) is 26.1. The molecule has 0 aliphatic heterocycles. The Morgan fingerprint density at radius 1 is 0.553 bits per heavy atom. The van der Waals surface area contributed by atoms with Crippen molar-refractivity contribution < 1.29 is 0 Å². The molecule has 2 unspecified atom stereocenters. The van der Waals surface area contributed by atoms with Gasteiger partial charge in [0, 0.05) is 44.4 Å². The summed E-state index contributed by atoms with van der Waals surface area (Å²) in [6.45, 7) is 2.33. The van der Waals surface area contributed by atoms with E-state index in [4.69, 9.17) is 0 Å². The van der Waals surface area contributed by atoms with Crippen LogP contribution in [-0.4, -0.2) is 9.13 Å². The maximum Gasteiger partial charge on any atom is 0.0625 e. The second-order valence-electron chi connectivity index (χ2n) is 13.0. The minimum Gasteiger partial charge on any atom is -0.309 e. The molecule has 0 bridgehead atoms. The highest BCUT2D eigenvalue weighted by atomic mass is 15.0. The second-order valence-corrected chi connectivity index (χ2v) is 13.0. The summed E-state index contributed by atoms with van der Waals surface area (Å²) in [7, 11) is 0. The van der Waals surface area contributed by atoms with Crippen LogP contribution in [0, 0.1) is 11.8 Å². The van der Waals surface area contributed by atoms with Crippen LogP contribution in [0.5, 0.6) is 0 Å². The fourth-order valence-electron chi connectivity index (χ4n) is 8.20. The van der Waals surface area contributed by atoms with Gasteiger partial charge in [0.2, 0.25) is 0 Å². The highest BCUT2D eigenvalue weighted by molar-refractivity contribution is 6.22. The molecule has 0 saturated heterocycles. The zero-order valence-corrected chi connectivity index (χ0v) is 26.1. The quantitative estimate of drug-likeness (QED) is 0.191. The van der Waals surface area contributed by atoms with Gasteiger partial charge in [-0.05, 0) is 76.4 Å². The normalized spacial score (nSPS) is 17.6. The molecule has 0 N–H and O–H groups in total. The van der Waals surface area contributed by atoms with Gasteiger partial charge in [0.1, 0.15) is 0 Å². The molecule has 0 fully saturated rings. The predicted octanol–water partition coefficient (Wildman–Crippen LogP) is 11.9. The van der Waals surface area contributed by atoms with E-state index < -0.39 is 0 Å². The lowest BCUT2D eigenvalue weighted by molar-refractivity contribution is 0.583. The summed E-state index contributed by atoms with van der Waals surface area (Å²) in [5, 5.41) is 7.62. The van der Waals surface area contributed by atoms with Crippen LogP contribution in [0.1, 0.15) is 6.92 Å². The highest BCUT2D eigenvalue weighted by Gasteiger charge is 2.25. The molecular weight excluding hydrogens is 569 g/mol. The van der Waals surface area contributed by atoms with Crippen LogP contribution in [0.15, 0.2) is 169 Å². The summed E-state index contributed by atoms with van der Waals surface area (Å²) in [5.74, 6) is 0.813. The van der Waals surface area contributed by atoms with Gasteiger partial charge >= 0.3 is 0 Å². The van der Waals surface area contributed by atoms with Gasteiger partial charge in [-0.25, -0.2) is 0 Å². The maximum absolute atomic E-state index is 2.53. The smallest absolute Gasteiger partial charge is 0.0625 e. The topological polar surface area (TPSA) is 9.86 Å². The van der Waals surface area contributed by atoms with Crippen LogP contribution < -0.4 is 0 Å². The fourth-order valence-corrected chi connectivity index (χ4v) is 8.20. The van der Waals surface area contributed by atoms with Gasteiger partial charge in [-0.3, -0.25) is 0 Å². The van der Waals surface area contributed by atoms with Crippen molar-refractivity contribution in [3.63, 3.8) is 0 Å². The minimum atomic E-state index is 0.362. The highest BCUT2D eigenvalue weighted by Crippen LogP contribution is 2.45. The molecule has 222 valence electrons. The van der Waals surface area contributed by atoms with E-state index >= 15 is 0 Å². The van der Waals surface area contributed by atoms with Gasteiger partial charge in [0.05, 0.1) is 22.1 Å². The van der Waals surface area contributed by atoms with E-state index in [1.54, 1.807) is 0 Å². The lowest BCUT2D eigenvalue weighted by Gasteiger charge is -2.27. The van der Waals surface area contributed by atoms with E-state index in [0.717, 1.165) is 0 Å². The molecule has 0 amide bonds. The third-order valence-electron chi connectivity index (χ3n) is 10.4. The van der Waals surface area contributed by atoms with Crippen LogP contribution >= 0.6 is 0 Å². The Hall–Kier alpha value is -5.86. The van der Waals surface area contributed by atoms with E-state index in [0.29, 0.717) is 11.8 Å². The molecule has 2 nitrogen and oxygen atoms in total. The molecule has 10 rings (SSSR count). The molecule has 2 heteroatoms. The predicted molar refractivity (Wildman–Crippen MR) is 200 cm³/mol. The Morgan fingerprint density at radius 2 is 1.23 bits per heavy atom. The number of rotatable bonds is 3. The molecule has 6 aromatic carbocycles. The van der Waals surface area contributed by atoms with Gasteiger partial charge in [0.15, 0.2) is 0 Å². The molecule has 2 aromatic heterocycles. The molecule has 47 heavy (non-hydrogen) atoms. The number of para-hydroxylation sites is 3. The monoisotopic (exact) mass is 600 g/mol. The van der Waals surface area contributed by atoms with E-state index in [9.17, 15) is 0 Å². The van der Waals surface area contributed by atoms with Gasteiger partial charge in [-0.15, -0.1) is 0 Å². The number of hydrogen-bond acceptors (Lipinski definition) is 0. The first-order valence-corrected chi connectivity index (χ1v) is 16.6. The molecule has 2 atom stereocenters. The van der Waals surface area contributed by atoms with Gasteiger partial charge in [-0.2, -0.15) is 0 Å². The van der Waals surface area contributed by atoms with Crippen LogP contribution in [0.3, 0.4) is 0 Å². The lowest BCUT2D eigenvalue weighted by Crippen LogP contribution is -2.15. The first-order valence-electron chi connectivity index (χ1n) is 16.6. The summed E-state index contributed by atoms with van der Waals surface area (Å²) >= 11 is 0. The van der Waals surface area contributed by atoms with Gasteiger partial charge in [-0.1, -0.05) is 122 Å². The van der Waals surface area contributed by atoms with E-state index in [1.165, 1.54) is 82.5 Å². The van der Waals surface area contributed by atoms with E-state index in [1.807, 2.05) is 0 Å². The minimum absolute atomic E-state index is 0.362.